The molecule has 0 radical (unpaired) electrons. The molecule has 1 aliphatic rings. The van der Waals surface area contributed by atoms with Gasteiger partial charge in [-0.25, -0.2) is 0 Å². The number of carbonyl (C=O) groups is 1. The smallest absolute Gasteiger partial charge is 0.223 e. The van der Waals surface area contributed by atoms with Crippen LogP contribution < -0.4 is 0 Å². The highest BCUT2D eigenvalue weighted by Crippen LogP contribution is 2.19. The molecule has 0 unspecified atom stereocenters. The molecule has 0 spiro atoms. The van der Waals surface area contributed by atoms with Crippen molar-refractivity contribution in [2.24, 2.45) is 0 Å². The van der Waals surface area contributed by atoms with Gasteiger partial charge in [-0.15, -0.1) is 0 Å². The Morgan fingerprint density at radius 3 is 3.00 bits per heavy atom. The maximum atomic E-state index is 11.9. The van der Waals surface area contributed by atoms with Crippen molar-refractivity contribution in [2.75, 3.05) is 32.3 Å². The van der Waals surface area contributed by atoms with E-state index >= 15 is 0 Å². The molecule has 1 amide bonds. The maximum absolute atomic E-state index is 11.9. The van der Waals surface area contributed by atoms with Gasteiger partial charge in [-0.1, -0.05) is 0 Å². The summed E-state index contributed by atoms with van der Waals surface area (Å²) in [6.07, 6.45) is 3.78. The van der Waals surface area contributed by atoms with Crippen LogP contribution in [0, 0.1) is 0 Å². The third-order valence-electron chi connectivity index (χ3n) is 2.81. The highest BCUT2D eigenvalue weighted by Gasteiger charge is 2.33. The van der Waals surface area contributed by atoms with E-state index in [2.05, 4.69) is 0 Å². The number of likely N-dealkylation sites (tertiary alicyclic amines) is 1. The Bertz CT molecular complexity index is 225. The van der Waals surface area contributed by atoms with Gasteiger partial charge in [0.25, 0.3) is 0 Å². The van der Waals surface area contributed by atoms with Crippen LogP contribution in [0.5, 0.6) is 0 Å². The van der Waals surface area contributed by atoms with E-state index in [4.69, 9.17) is 4.74 Å². The zero-order valence-electron chi connectivity index (χ0n) is 10.0. The fraction of sp³-hybridized carbons (Fsp3) is 0.909. The fourth-order valence-electron chi connectivity index (χ4n) is 2.06. The number of thioether (sulfide) groups is 1. The van der Waals surface area contributed by atoms with Gasteiger partial charge >= 0.3 is 0 Å². The van der Waals surface area contributed by atoms with Crippen molar-refractivity contribution in [1.29, 1.82) is 0 Å². The van der Waals surface area contributed by atoms with Crippen molar-refractivity contribution >= 4 is 17.7 Å². The molecule has 94 valence electrons. The Hall–Kier alpha value is -0.260. The molecule has 0 aliphatic carbocycles. The van der Waals surface area contributed by atoms with Crippen LogP contribution >= 0.6 is 11.8 Å². The van der Waals surface area contributed by atoms with E-state index < -0.39 is 0 Å². The van der Waals surface area contributed by atoms with E-state index in [-0.39, 0.29) is 18.1 Å². The lowest BCUT2D eigenvalue weighted by molar-refractivity contribution is -0.133. The largest absolute Gasteiger partial charge is 0.391 e. The first kappa shape index (κ1) is 13.8. The molecule has 1 aliphatic heterocycles. The summed E-state index contributed by atoms with van der Waals surface area (Å²) in [6.45, 7) is 0.984. The number of hydrogen-bond acceptors (Lipinski definition) is 4. The maximum Gasteiger partial charge on any atom is 0.223 e. The number of carbonyl (C=O) groups excluding carboxylic acids is 1. The molecule has 1 saturated heterocycles. The Kier molecular flexibility index (Phi) is 6.16. The van der Waals surface area contributed by atoms with Crippen LogP contribution in [0.2, 0.25) is 0 Å². The highest BCUT2D eigenvalue weighted by molar-refractivity contribution is 7.98. The second-order valence-corrected chi connectivity index (χ2v) is 5.13. The lowest BCUT2D eigenvalue weighted by atomic mass is 10.2. The second-order valence-electron chi connectivity index (χ2n) is 4.14. The van der Waals surface area contributed by atoms with E-state index in [1.165, 1.54) is 0 Å². The third kappa shape index (κ3) is 3.96. The molecule has 0 aromatic heterocycles. The molecule has 5 heteroatoms. The van der Waals surface area contributed by atoms with Gasteiger partial charge in [-0.2, -0.15) is 11.8 Å². The van der Waals surface area contributed by atoms with Gasteiger partial charge in [0.1, 0.15) is 0 Å². The van der Waals surface area contributed by atoms with E-state index in [0.29, 0.717) is 26.0 Å². The number of aliphatic hydroxyl groups excluding tert-OH is 1. The summed E-state index contributed by atoms with van der Waals surface area (Å²) in [4.78, 5) is 13.7. The Morgan fingerprint density at radius 2 is 2.38 bits per heavy atom. The quantitative estimate of drug-likeness (QED) is 0.703. The summed E-state index contributed by atoms with van der Waals surface area (Å²) in [5, 5.41) is 9.56. The SMILES string of the molecule is COC[C@H]1C[C@H](O)CN1C(=O)CCCSC. The van der Waals surface area contributed by atoms with Crippen LogP contribution in [-0.4, -0.2) is 60.3 Å². The summed E-state index contributed by atoms with van der Waals surface area (Å²) < 4.78 is 5.07. The normalized spacial score (nSPS) is 25.1. The number of β-amino-alcohol motifs (C(OH)–C–C–N with tert-alkyl or cyclic N) is 1. The number of ether oxygens (including phenoxy) is 1. The average Bonchev–Trinajstić information content (AvgIpc) is 2.60. The minimum Gasteiger partial charge on any atom is -0.391 e. The predicted molar refractivity (Wildman–Crippen MR) is 65.6 cm³/mol. The number of aliphatic hydroxyl groups is 1. The standard InChI is InChI=1S/C11H21NO3S/c1-15-8-9-6-10(13)7-12(9)11(14)4-3-5-16-2/h9-10,13H,3-8H2,1-2H3/t9-,10+/m1/s1. The van der Waals surface area contributed by atoms with Crippen molar-refractivity contribution in [3.8, 4) is 0 Å². The van der Waals surface area contributed by atoms with Crippen LogP contribution in [-0.2, 0) is 9.53 Å². The van der Waals surface area contributed by atoms with Gasteiger partial charge in [0.2, 0.25) is 5.91 Å². The Balaban J connectivity index is 2.40. The minimum atomic E-state index is -0.385. The molecule has 16 heavy (non-hydrogen) atoms. The number of rotatable bonds is 6. The van der Waals surface area contributed by atoms with Crippen LogP contribution in [0.4, 0.5) is 0 Å². The molecule has 1 fully saturated rings. The summed E-state index contributed by atoms with van der Waals surface area (Å²) in [5.74, 6) is 1.16. The van der Waals surface area contributed by atoms with Gasteiger partial charge in [-0.05, 0) is 24.9 Å². The number of amides is 1. The molecular formula is C11H21NO3S. The molecule has 0 bridgehead atoms. The zero-order valence-corrected chi connectivity index (χ0v) is 10.8. The van der Waals surface area contributed by atoms with E-state index in [1.807, 2.05) is 6.26 Å². The monoisotopic (exact) mass is 247 g/mol. The van der Waals surface area contributed by atoms with Gasteiger partial charge in [0, 0.05) is 20.1 Å². The first-order valence-corrected chi connectivity index (χ1v) is 7.03. The lowest BCUT2D eigenvalue weighted by Crippen LogP contribution is -2.38. The fourth-order valence-corrected chi connectivity index (χ4v) is 2.49. The van der Waals surface area contributed by atoms with Gasteiger partial charge in [0.05, 0.1) is 18.8 Å². The van der Waals surface area contributed by atoms with Gasteiger partial charge in [-0.3, -0.25) is 4.79 Å². The van der Waals surface area contributed by atoms with Crippen molar-refractivity contribution in [3.05, 3.63) is 0 Å². The van der Waals surface area contributed by atoms with E-state index in [0.717, 1.165) is 12.2 Å². The first-order chi connectivity index (χ1) is 7.69. The third-order valence-corrected chi connectivity index (χ3v) is 3.51. The van der Waals surface area contributed by atoms with E-state index in [1.54, 1.807) is 23.8 Å². The van der Waals surface area contributed by atoms with Crippen LogP contribution in [0.3, 0.4) is 0 Å². The van der Waals surface area contributed by atoms with Crippen LogP contribution in [0.15, 0.2) is 0 Å². The Morgan fingerprint density at radius 1 is 1.62 bits per heavy atom. The molecule has 2 atom stereocenters. The average molecular weight is 247 g/mol. The van der Waals surface area contributed by atoms with Crippen molar-refractivity contribution in [3.63, 3.8) is 0 Å². The molecule has 1 rings (SSSR count). The lowest BCUT2D eigenvalue weighted by Gasteiger charge is -2.23. The minimum absolute atomic E-state index is 0.0572. The highest BCUT2D eigenvalue weighted by atomic mass is 32.2. The molecule has 0 aromatic carbocycles. The Labute approximate surface area is 101 Å². The van der Waals surface area contributed by atoms with Gasteiger partial charge in [0.15, 0.2) is 0 Å². The summed E-state index contributed by atoms with van der Waals surface area (Å²) >= 11 is 1.75. The summed E-state index contributed by atoms with van der Waals surface area (Å²) in [6, 6.07) is 0.0572. The van der Waals surface area contributed by atoms with E-state index in [9.17, 15) is 9.90 Å². The topological polar surface area (TPSA) is 49.8 Å². The molecule has 1 N–H and O–H groups in total. The molecule has 4 nitrogen and oxygen atoms in total. The summed E-state index contributed by atoms with van der Waals surface area (Å²) in [5.41, 5.74) is 0. The van der Waals surface area contributed by atoms with Crippen molar-refractivity contribution in [2.45, 2.75) is 31.4 Å². The predicted octanol–water partition coefficient (Wildman–Crippen LogP) is 0.738. The second kappa shape index (κ2) is 7.14. The molecule has 1 heterocycles. The van der Waals surface area contributed by atoms with Crippen LogP contribution in [0.25, 0.3) is 0 Å². The van der Waals surface area contributed by atoms with Crippen LogP contribution in [0.1, 0.15) is 19.3 Å². The first-order valence-electron chi connectivity index (χ1n) is 5.64. The van der Waals surface area contributed by atoms with Crippen molar-refractivity contribution < 1.29 is 14.6 Å². The number of nitrogens with zero attached hydrogens (tertiary/aromatic N) is 1. The van der Waals surface area contributed by atoms with Crippen molar-refractivity contribution in [1.82, 2.24) is 4.90 Å². The number of methoxy groups -OCH3 is 1. The summed E-state index contributed by atoms with van der Waals surface area (Å²) in [7, 11) is 1.63. The number of hydrogen-bond donors (Lipinski definition) is 1. The van der Waals surface area contributed by atoms with Gasteiger partial charge < -0.3 is 14.7 Å². The zero-order chi connectivity index (χ0) is 12.0. The molecular weight excluding hydrogens is 226 g/mol. The molecule has 0 aromatic rings. The molecule has 0 saturated carbocycles.